The molecule has 0 radical (unpaired) electrons. The number of nitrogens with zero attached hydrogens (tertiary/aromatic N) is 1. The summed E-state index contributed by atoms with van der Waals surface area (Å²) in [4.78, 5) is 0.337. The summed E-state index contributed by atoms with van der Waals surface area (Å²) in [5.41, 5.74) is 0. The van der Waals surface area contributed by atoms with Crippen LogP contribution in [0.5, 0.6) is 0 Å². The van der Waals surface area contributed by atoms with E-state index in [-0.39, 0.29) is 0 Å². The molecule has 2 atom stereocenters. The van der Waals surface area contributed by atoms with Gasteiger partial charge >= 0.3 is 0 Å². The quantitative estimate of drug-likeness (QED) is 0.787. The lowest BCUT2D eigenvalue weighted by molar-refractivity contribution is 0.411. The van der Waals surface area contributed by atoms with Crippen molar-refractivity contribution >= 4 is 21.6 Å². The third-order valence-electron chi connectivity index (χ3n) is 4.04. The van der Waals surface area contributed by atoms with Crippen molar-refractivity contribution < 1.29 is 8.42 Å². The van der Waals surface area contributed by atoms with Gasteiger partial charge in [-0.3, -0.25) is 0 Å². The van der Waals surface area contributed by atoms with E-state index in [0.29, 0.717) is 34.8 Å². The van der Waals surface area contributed by atoms with Gasteiger partial charge in [0.15, 0.2) is 0 Å². The molecule has 5 heteroatoms. The molecule has 0 bridgehead atoms. The molecule has 3 nitrogen and oxygen atoms in total. The summed E-state index contributed by atoms with van der Waals surface area (Å²) in [5.74, 6) is 0.958. The molecular formula is C14H16ClNO2S. The van der Waals surface area contributed by atoms with Crippen LogP contribution in [0, 0.1) is 11.8 Å². The minimum Gasteiger partial charge on any atom is -0.207 e. The van der Waals surface area contributed by atoms with Crippen molar-refractivity contribution in [3.05, 3.63) is 41.4 Å². The molecule has 1 aromatic rings. The Hall–Kier alpha value is -0.840. The fraction of sp³-hybridized carbons (Fsp3) is 0.429. The number of allylic oxidation sites excluding steroid dienone is 2. The number of hydrogen-bond donors (Lipinski definition) is 0. The first-order valence-electron chi connectivity index (χ1n) is 6.48. The van der Waals surface area contributed by atoms with Crippen molar-refractivity contribution in [3.8, 4) is 0 Å². The molecule has 19 heavy (non-hydrogen) atoms. The molecule has 1 saturated heterocycles. The smallest absolute Gasteiger partial charge is 0.207 e. The third-order valence-corrected chi connectivity index (χ3v) is 6.14. The lowest BCUT2D eigenvalue weighted by atomic mass is 9.86. The van der Waals surface area contributed by atoms with Gasteiger partial charge in [-0.2, -0.15) is 4.31 Å². The van der Waals surface area contributed by atoms with Crippen molar-refractivity contribution in [2.45, 2.75) is 17.7 Å². The second kappa shape index (κ2) is 4.93. The first-order chi connectivity index (χ1) is 9.07. The van der Waals surface area contributed by atoms with E-state index in [0.717, 1.165) is 12.8 Å². The molecule has 102 valence electrons. The summed E-state index contributed by atoms with van der Waals surface area (Å²) in [6.45, 7) is 1.28. The minimum atomic E-state index is -3.37. The van der Waals surface area contributed by atoms with E-state index in [1.165, 1.54) is 0 Å². The van der Waals surface area contributed by atoms with E-state index in [1.807, 2.05) is 0 Å². The molecule has 0 aromatic heterocycles. The largest absolute Gasteiger partial charge is 0.243 e. The molecule has 1 fully saturated rings. The van der Waals surface area contributed by atoms with Crippen LogP contribution < -0.4 is 0 Å². The predicted molar refractivity (Wildman–Crippen MR) is 75.6 cm³/mol. The average molecular weight is 298 g/mol. The Kier molecular flexibility index (Phi) is 3.41. The number of halogens is 1. The lowest BCUT2D eigenvalue weighted by Gasteiger charge is -2.18. The molecule has 2 aliphatic rings. The van der Waals surface area contributed by atoms with E-state index >= 15 is 0 Å². The van der Waals surface area contributed by atoms with Crippen LogP contribution in [0.15, 0.2) is 41.3 Å². The minimum absolute atomic E-state index is 0.337. The monoisotopic (exact) mass is 297 g/mol. The Morgan fingerprint density at radius 3 is 2.05 bits per heavy atom. The Labute approximate surface area is 118 Å². The molecule has 3 rings (SSSR count). The topological polar surface area (TPSA) is 37.4 Å². The van der Waals surface area contributed by atoms with E-state index in [4.69, 9.17) is 11.6 Å². The fourth-order valence-electron chi connectivity index (χ4n) is 2.92. The van der Waals surface area contributed by atoms with E-state index in [1.54, 1.807) is 28.6 Å². The molecule has 0 amide bonds. The molecular weight excluding hydrogens is 282 g/mol. The molecule has 1 aliphatic heterocycles. The second-order valence-electron chi connectivity index (χ2n) is 5.24. The first-order valence-corrected chi connectivity index (χ1v) is 8.30. The van der Waals surface area contributed by atoms with Crippen LogP contribution in [0.2, 0.25) is 5.02 Å². The van der Waals surface area contributed by atoms with Crippen molar-refractivity contribution in [2.75, 3.05) is 13.1 Å². The zero-order chi connectivity index (χ0) is 13.5. The van der Waals surface area contributed by atoms with Gasteiger partial charge in [0.2, 0.25) is 10.0 Å². The van der Waals surface area contributed by atoms with Crippen molar-refractivity contribution in [2.24, 2.45) is 11.8 Å². The summed E-state index contributed by atoms with van der Waals surface area (Å²) < 4.78 is 26.7. The highest BCUT2D eigenvalue weighted by Gasteiger charge is 2.38. The molecule has 0 spiro atoms. The summed E-state index contributed by atoms with van der Waals surface area (Å²) in [5, 5.41) is 0.554. The van der Waals surface area contributed by atoms with Crippen molar-refractivity contribution in [3.63, 3.8) is 0 Å². The van der Waals surface area contributed by atoms with Crippen LogP contribution in [0.25, 0.3) is 0 Å². The second-order valence-corrected chi connectivity index (χ2v) is 7.61. The Bertz CT molecular complexity index is 578. The summed E-state index contributed by atoms with van der Waals surface area (Å²) in [7, 11) is -3.37. The Morgan fingerprint density at radius 2 is 1.53 bits per heavy atom. The van der Waals surface area contributed by atoms with Crippen LogP contribution in [0.3, 0.4) is 0 Å². The number of hydrogen-bond acceptors (Lipinski definition) is 2. The van der Waals surface area contributed by atoms with Gasteiger partial charge in [0.25, 0.3) is 0 Å². The Balaban J connectivity index is 1.84. The number of benzene rings is 1. The van der Waals surface area contributed by atoms with E-state index in [9.17, 15) is 8.42 Å². The summed E-state index contributed by atoms with van der Waals surface area (Å²) in [6.07, 6.45) is 6.33. The van der Waals surface area contributed by atoms with Gasteiger partial charge in [0, 0.05) is 18.1 Å². The van der Waals surface area contributed by atoms with Gasteiger partial charge in [0.05, 0.1) is 4.90 Å². The molecule has 1 aliphatic carbocycles. The van der Waals surface area contributed by atoms with Gasteiger partial charge in [-0.1, -0.05) is 23.8 Å². The molecule has 2 unspecified atom stereocenters. The highest BCUT2D eigenvalue weighted by atomic mass is 35.5. The first kappa shape index (κ1) is 13.2. The van der Waals surface area contributed by atoms with Crippen LogP contribution in [-0.2, 0) is 10.0 Å². The van der Waals surface area contributed by atoms with E-state index in [2.05, 4.69) is 12.2 Å². The number of sulfonamides is 1. The Morgan fingerprint density at radius 1 is 1.00 bits per heavy atom. The summed E-state index contributed by atoms with van der Waals surface area (Å²) in [6, 6.07) is 6.41. The van der Waals surface area contributed by atoms with Gasteiger partial charge in [-0.15, -0.1) is 0 Å². The van der Waals surface area contributed by atoms with Crippen molar-refractivity contribution in [1.29, 1.82) is 0 Å². The van der Waals surface area contributed by atoms with Crippen LogP contribution in [0.4, 0.5) is 0 Å². The molecule has 0 N–H and O–H groups in total. The fourth-order valence-corrected chi connectivity index (χ4v) is 4.60. The lowest BCUT2D eigenvalue weighted by Crippen LogP contribution is -2.29. The zero-order valence-electron chi connectivity index (χ0n) is 10.5. The molecule has 1 heterocycles. The average Bonchev–Trinajstić information content (AvgIpc) is 2.83. The third kappa shape index (κ3) is 2.45. The number of rotatable bonds is 2. The highest BCUT2D eigenvalue weighted by Crippen LogP contribution is 2.35. The maximum Gasteiger partial charge on any atom is 0.243 e. The van der Waals surface area contributed by atoms with Crippen LogP contribution >= 0.6 is 11.6 Å². The SMILES string of the molecule is O=S(=O)(c1ccc(Cl)cc1)N1CC2CC=CCC2C1. The zero-order valence-corrected chi connectivity index (χ0v) is 12.1. The van der Waals surface area contributed by atoms with Crippen molar-refractivity contribution in [1.82, 2.24) is 4.31 Å². The van der Waals surface area contributed by atoms with Gasteiger partial charge < -0.3 is 0 Å². The molecule has 1 aromatic carbocycles. The highest BCUT2D eigenvalue weighted by molar-refractivity contribution is 7.89. The van der Waals surface area contributed by atoms with E-state index < -0.39 is 10.0 Å². The number of fused-ring (bicyclic) bond motifs is 1. The van der Waals surface area contributed by atoms with Gasteiger partial charge in [-0.05, 0) is 48.9 Å². The van der Waals surface area contributed by atoms with Gasteiger partial charge in [0.1, 0.15) is 0 Å². The molecule has 0 saturated carbocycles. The maximum absolute atomic E-state index is 12.6. The van der Waals surface area contributed by atoms with Crippen LogP contribution in [-0.4, -0.2) is 25.8 Å². The van der Waals surface area contributed by atoms with Crippen LogP contribution in [0.1, 0.15) is 12.8 Å². The standard InChI is InChI=1S/C14H16ClNO2S/c15-13-5-7-14(8-6-13)19(17,18)16-9-11-3-1-2-4-12(11)10-16/h1-2,5-8,11-12H,3-4,9-10H2. The normalized spacial score (nSPS) is 27.4. The maximum atomic E-state index is 12.6. The van der Waals surface area contributed by atoms with Gasteiger partial charge in [-0.25, -0.2) is 8.42 Å². The summed E-state index contributed by atoms with van der Waals surface area (Å²) >= 11 is 5.80. The predicted octanol–water partition coefficient (Wildman–Crippen LogP) is 2.93.